The molecule has 0 spiro atoms. The summed E-state index contributed by atoms with van der Waals surface area (Å²) in [5.74, 6) is 0.696. The molecule has 0 aliphatic carbocycles. The van der Waals surface area contributed by atoms with E-state index in [9.17, 15) is 13.2 Å². The molecule has 0 atom stereocenters. The molecule has 0 radical (unpaired) electrons. The van der Waals surface area contributed by atoms with Gasteiger partial charge in [0.1, 0.15) is 0 Å². The molecular formula is C18H25F3IN5. The fourth-order valence-corrected chi connectivity index (χ4v) is 2.56. The Morgan fingerprint density at radius 1 is 1.26 bits per heavy atom. The highest BCUT2D eigenvalue weighted by Crippen LogP contribution is 2.29. The van der Waals surface area contributed by atoms with Gasteiger partial charge in [0.25, 0.3) is 0 Å². The van der Waals surface area contributed by atoms with Crippen LogP contribution in [-0.4, -0.2) is 41.3 Å². The highest BCUT2D eigenvalue weighted by Gasteiger charge is 2.29. The van der Waals surface area contributed by atoms with Crippen LogP contribution in [0, 0.1) is 6.92 Å². The van der Waals surface area contributed by atoms with E-state index in [4.69, 9.17) is 0 Å². The van der Waals surface area contributed by atoms with Crippen molar-refractivity contribution in [3.05, 3.63) is 53.3 Å². The average Bonchev–Trinajstić information content (AvgIpc) is 3.00. The smallest absolute Gasteiger partial charge is 0.356 e. The van der Waals surface area contributed by atoms with Crippen molar-refractivity contribution < 1.29 is 13.2 Å². The van der Waals surface area contributed by atoms with E-state index in [-0.39, 0.29) is 24.0 Å². The summed E-state index contributed by atoms with van der Waals surface area (Å²) < 4.78 is 39.7. The van der Waals surface area contributed by atoms with Crippen LogP contribution in [0.25, 0.3) is 0 Å². The van der Waals surface area contributed by atoms with Gasteiger partial charge in [0.15, 0.2) is 5.96 Å². The Kier molecular flexibility index (Phi) is 9.07. The summed E-state index contributed by atoms with van der Waals surface area (Å²) in [4.78, 5) is 6.09. The third-order valence-electron chi connectivity index (χ3n) is 3.88. The lowest BCUT2D eigenvalue weighted by molar-refractivity contribution is -0.137. The molecule has 2 aromatic rings. The van der Waals surface area contributed by atoms with Crippen LogP contribution in [0.15, 0.2) is 41.7 Å². The molecule has 1 aromatic heterocycles. The fraction of sp³-hybridized carbons (Fsp3) is 0.444. The first-order chi connectivity index (χ1) is 12.3. The molecule has 0 aliphatic heterocycles. The predicted octanol–water partition coefficient (Wildman–Crippen LogP) is 3.93. The highest BCUT2D eigenvalue weighted by molar-refractivity contribution is 14.0. The summed E-state index contributed by atoms with van der Waals surface area (Å²) in [6.07, 6.45) is 0.388. The Bertz CT molecular complexity index is 725. The van der Waals surface area contributed by atoms with Gasteiger partial charge in [0.05, 0.1) is 11.8 Å². The molecule has 0 saturated heterocycles. The van der Waals surface area contributed by atoms with Gasteiger partial charge in [0.2, 0.25) is 0 Å². The molecule has 1 aromatic carbocycles. The minimum atomic E-state index is -4.31. The third-order valence-corrected chi connectivity index (χ3v) is 3.88. The second-order valence-electron chi connectivity index (χ2n) is 6.16. The Labute approximate surface area is 174 Å². The van der Waals surface area contributed by atoms with Crippen molar-refractivity contribution in [3.8, 4) is 0 Å². The largest absolute Gasteiger partial charge is 0.416 e. The second kappa shape index (κ2) is 10.5. The van der Waals surface area contributed by atoms with Gasteiger partial charge in [-0.2, -0.15) is 18.3 Å². The van der Waals surface area contributed by atoms with Crippen LogP contribution in [-0.2, 0) is 19.3 Å². The van der Waals surface area contributed by atoms with Gasteiger partial charge in [-0.05, 0) is 36.6 Å². The summed E-state index contributed by atoms with van der Waals surface area (Å²) in [6, 6.07) is 5.19. The van der Waals surface area contributed by atoms with Crippen molar-refractivity contribution in [2.75, 3.05) is 20.6 Å². The van der Waals surface area contributed by atoms with Crippen molar-refractivity contribution >= 4 is 29.9 Å². The first-order valence-corrected chi connectivity index (χ1v) is 8.36. The lowest BCUT2D eigenvalue weighted by atomic mass is 10.1. The van der Waals surface area contributed by atoms with Gasteiger partial charge in [-0.25, -0.2) is 0 Å². The number of aryl methyl sites for hydroxylation is 2. The molecule has 0 fully saturated rings. The maximum absolute atomic E-state index is 12.6. The first kappa shape index (κ1) is 23.3. The fourth-order valence-electron chi connectivity index (χ4n) is 2.56. The minimum absolute atomic E-state index is 0. The second-order valence-corrected chi connectivity index (χ2v) is 6.16. The monoisotopic (exact) mass is 495 g/mol. The van der Waals surface area contributed by atoms with E-state index in [2.05, 4.69) is 15.4 Å². The number of aromatic nitrogens is 2. The number of nitrogens with zero attached hydrogens (tertiary/aromatic N) is 4. The molecule has 0 unspecified atom stereocenters. The lowest BCUT2D eigenvalue weighted by Crippen LogP contribution is -2.39. The number of rotatable bonds is 6. The van der Waals surface area contributed by atoms with Crippen molar-refractivity contribution in [1.82, 2.24) is 20.0 Å². The summed E-state index contributed by atoms with van der Waals surface area (Å²) in [5.41, 5.74) is 1.28. The number of hydrogen-bond donors (Lipinski definition) is 1. The number of benzene rings is 1. The SMILES string of the molecule is CN=C(NCCCn1cc(C)cn1)N(C)Cc1ccc(C(F)(F)F)cc1.I. The minimum Gasteiger partial charge on any atom is -0.356 e. The van der Waals surface area contributed by atoms with Crippen LogP contribution in [0.5, 0.6) is 0 Å². The maximum atomic E-state index is 12.6. The zero-order chi connectivity index (χ0) is 19.2. The lowest BCUT2D eigenvalue weighted by Gasteiger charge is -2.22. The van der Waals surface area contributed by atoms with Crippen LogP contribution >= 0.6 is 24.0 Å². The Morgan fingerprint density at radius 3 is 2.44 bits per heavy atom. The first-order valence-electron chi connectivity index (χ1n) is 8.36. The van der Waals surface area contributed by atoms with E-state index >= 15 is 0 Å². The number of alkyl halides is 3. The molecule has 9 heteroatoms. The normalized spacial score (nSPS) is 11.9. The van der Waals surface area contributed by atoms with Crippen LogP contribution in [0.3, 0.4) is 0 Å². The average molecular weight is 495 g/mol. The van der Waals surface area contributed by atoms with Crippen LogP contribution in [0.2, 0.25) is 0 Å². The van der Waals surface area contributed by atoms with Gasteiger partial charge in [-0.1, -0.05) is 12.1 Å². The van der Waals surface area contributed by atoms with E-state index in [1.54, 1.807) is 7.05 Å². The van der Waals surface area contributed by atoms with Crippen molar-refractivity contribution in [2.24, 2.45) is 4.99 Å². The molecule has 0 amide bonds. The number of hydrogen-bond acceptors (Lipinski definition) is 2. The molecule has 1 N–H and O–H groups in total. The Balaban J connectivity index is 0.00000364. The molecule has 150 valence electrons. The molecular weight excluding hydrogens is 470 g/mol. The summed E-state index contributed by atoms with van der Waals surface area (Å²) >= 11 is 0. The molecule has 1 heterocycles. The highest BCUT2D eigenvalue weighted by atomic mass is 127. The van der Waals surface area contributed by atoms with Gasteiger partial charge < -0.3 is 10.2 Å². The molecule has 0 saturated carbocycles. The summed E-state index contributed by atoms with van der Waals surface area (Å²) in [7, 11) is 3.53. The number of halogens is 4. The van der Waals surface area contributed by atoms with E-state index in [0.717, 1.165) is 42.8 Å². The van der Waals surface area contributed by atoms with Crippen LogP contribution in [0.1, 0.15) is 23.1 Å². The zero-order valence-electron chi connectivity index (χ0n) is 15.6. The van der Waals surface area contributed by atoms with Crippen molar-refractivity contribution in [3.63, 3.8) is 0 Å². The van der Waals surface area contributed by atoms with E-state index in [0.29, 0.717) is 12.5 Å². The topological polar surface area (TPSA) is 45.5 Å². The van der Waals surface area contributed by atoms with Gasteiger partial charge in [0, 0.05) is 39.9 Å². The van der Waals surface area contributed by atoms with Crippen LogP contribution < -0.4 is 5.32 Å². The molecule has 0 aliphatic rings. The van der Waals surface area contributed by atoms with Crippen LogP contribution in [0.4, 0.5) is 13.2 Å². The molecule has 2 rings (SSSR count). The summed E-state index contributed by atoms with van der Waals surface area (Å²) in [6.45, 7) is 4.00. The van der Waals surface area contributed by atoms with E-state index in [1.807, 2.05) is 35.9 Å². The third kappa shape index (κ3) is 7.39. The maximum Gasteiger partial charge on any atom is 0.416 e. The molecule has 0 bridgehead atoms. The van der Waals surface area contributed by atoms with E-state index < -0.39 is 11.7 Å². The Hall–Kier alpha value is -1.78. The van der Waals surface area contributed by atoms with Gasteiger partial charge in [-0.15, -0.1) is 24.0 Å². The quantitative estimate of drug-likeness (QED) is 0.286. The standard InChI is InChI=1S/C18H24F3N5.HI/c1-14-11-24-26(12-14)10-4-9-23-17(22-2)25(3)13-15-5-7-16(8-6-15)18(19,20)21;/h5-8,11-12H,4,9-10,13H2,1-3H3,(H,22,23);1H. The Morgan fingerprint density at radius 2 is 1.93 bits per heavy atom. The molecule has 27 heavy (non-hydrogen) atoms. The summed E-state index contributed by atoms with van der Waals surface area (Å²) in [5, 5.41) is 7.49. The van der Waals surface area contributed by atoms with E-state index in [1.165, 1.54) is 12.1 Å². The van der Waals surface area contributed by atoms with Gasteiger partial charge in [-0.3, -0.25) is 9.67 Å². The molecule has 5 nitrogen and oxygen atoms in total. The van der Waals surface area contributed by atoms with Gasteiger partial charge >= 0.3 is 6.18 Å². The number of nitrogens with one attached hydrogen (secondary N) is 1. The van der Waals surface area contributed by atoms with Crippen molar-refractivity contribution in [2.45, 2.75) is 32.6 Å². The number of aliphatic imine (C=N–C) groups is 1. The predicted molar refractivity (Wildman–Crippen MR) is 111 cm³/mol. The number of guanidine groups is 1. The zero-order valence-corrected chi connectivity index (χ0v) is 18.0. The van der Waals surface area contributed by atoms with Crippen molar-refractivity contribution in [1.29, 1.82) is 0 Å².